The predicted octanol–water partition coefficient (Wildman–Crippen LogP) is 5.25. The molecule has 158 valence electrons. The highest BCUT2D eigenvalue weighted by Gasteiger charge is 2.42. The van der Waals surface area contributed by atoms with Gasteiger partial charge in [-0.2, -0.15) is 5.10 Å². The number of aromatic nitrogens is 3. The third kappa shape index (κ3) is 3.25. The van der Waals surface area contributed by atoms with Crippen molar-refractivity contribution in [3.05, 3.63) is 88.4 Å². The molecule has 0 radical (unpaired) electrons. The second-order valence-corrected chi connectivity index (χ2v) is 8.94. The van der Waals surface area contributed by atoms with E-state index in [1.165, 1.54) is 23.1 Å². The van der Waals surface area contributed by atoms with Crippen LogP contribution in [0.1, 0.15) is 57.7 Å². The van der Waals surface area contributed by atoms with Gasteiger partial charge in [0, 0.05) is 29.7 Å². The topological polar surface area (TPSA) is 64.8 Å². The summed E-state index contributed by atoms with van der Waals surface area (Å²) >= 11 is 0. The Kier molecular flexibility index (Phi) is 4.69. The van der Waals surface area contributed by atoms with Gasteiger partial charge >= 0.3 is 0 Å². The Bertz CT molecular complexity index is 1240. The highest BCUT2D eigenvalue weighted by Crippen LogP contribution is 2.51. The van der Waals surface area contributed by atoms with E-state index in [-0.39, 0.29) is 11.3 Å². The van der Waals surface area contributed by atoms with E-state index in [1.54, 1.807) is 4.90 Å². The molecule has 1 saturated carbocycles. The Morgan fingerprint density at radius 1 is 1.13 bits per heavy atom. The molecule has 0 unspecified atom stereocenters. The van der Waals surface area contributed by atoms with Crippen LogP contribution in [0.3, 0.4) is 0 Å². The molecule has 0 spiro atoms. The first-order valence-electron chi connectivity index (χ1n) is 10.9. The smallest absolute Gasteiger partial charge is 0.256 e. The molecule has 2 aromatic carbocycles. The number of aryl methyl sites for hydroxylation is 2. The van der Waals surface area contributed by atoms with Gasteiger partial charge < -0.3 is 9.88 Å². The molecule has 1 amide bonds. The summed E-state index contributed by atoms with van der Waals surface area (Å²) in [6.45, 7) is 4.56. The van der Waals surface area contributed by atoms with E-state index in [1.807, 2.05) is 32.2 Å². The van der Waals surface area contributed by atoms with Crippen molar-refractivity contribution in [2.24, 2.45) is 0 Å². The minimum absolute atomic E-state index is 0.00218. The molecule has 0 atom stereocenters. The van der Waals surface area contributed by atoms with Crippen molar-refractivity contribution in [1.29, 1.82) is 0 Å². The van der Waals surface area contributed by atoms with E-state index >= 15 is 0 Å². The molecule has 1 fully saturated rings. The van der Waals surface area contributed by atoms with Gasteiger partial charge in [0.15, 0.2) is 0 Å². The average molecular weight is 413 g/mol. The fourth-order valence-corrected chi connectivity index (χ4v) is 4.92. The normalized spacial score (nSPS) is 15.1. The summed E-state index contributed by atoms with van der Waals surface area (Å²) < 4.78 is 0. The third-order valence-corrected chi connectivity index (χ3v) is 6.78. The number of benzene rings is 2. The molecule has 2 N–H and O–H groups in total. The zero-order valence-electron chi connectivity index (χ0n) is 18.3. The highest BCUT2D eigenvalue weighted by atomic mass is 16.2. The minimum Gasteiger partial charge on any atom is -0.360 e. The fourth-order valence-electron chi connectivity index (χ4n) is 4.92. The monoisotopic (exact) mass is 412 g/mol. The predicted molar refractivity (Wildman–Crippen MR) is 123 cm³/mol. The fraction of sp³-hybridized carbons (Fsp3) is 0.308. The van der Waals surface area contributed by atoms with Gasteiger partial charge in [-0.15, -0.1) is 0 Å². The lowest BCUT2D eigenvalue weighted by Crippen LogP contribution is -2.35. The number of aromatic amines is 2. The van der Waals surface area contributed by atoms with Gasteiger partial charge in [-0.25, -0.2) is 0 Å². The number of hydrogen-bond donors (Lipinski definition) is 2. The van der Waals surface area contributed by atoms with Gasteiger partial charge in [-0.1, -0.05) is 48.4 Å². The largest absolute Gasteiger partial charge is 0.360 e. The summed E-state index contributed by atoms with van der Waals surface area (Å²) in [7, 11) is 1.83. The van der Waals surface area contributed by atoms with Crippen LogP contribution in [-0.4, -0.2) is 33.0 Å². The number of nitrogens with zero attached hydrogens (tertiary/aromatic N) is 2. The van der Waals surface area contributed by atoms with Crippen LogP contribution in [0, 0.1) is 13.8 Å². The van der Waals surface area contributed by atoms with E-state index in [0.29, 0.717) is 12.1 Å². The molecule has 2 aromatic heterocycles. The maximum absolute atomic E-state index is 13.3. The summed E-state index contributed by atoms with van der Waals surface area (Å²) in [5.74, 6) is -0.00218. The number of fused-ring (bicyclic) bond motifs is 1. The molecule has 5 nitrogen and oxygen atoms in total. The van der Waals surface area contributed by atoms with Crippen molar-refractivity contribution in [1.82, 2.24) is 20.1 Å². The van der Waals surface area contributed by atoms with E-state index in [2.05, 4.69) is 58.6 Å². The van der Waals surface area contributed by atoms with Crippen molar-refractivity contribution in [3.8, 4) is 0 Å². The van der Waals surface area contributed by atoms with Crippen molar-refractivity contribution in [2.45, 2.75) is 45.1 Å². The number of amides is 1. The Labute approximate surface area is 182 Å². The maximum atomic E-state index is 13.3. The number of hydrogen-bond acceptors (Lipinski definition) is 2. The van der Waals surface area contributed by atoms with Crippen LogP contribution in [0.2, 0.25) is 0 Å². The summed E-state index contributed by atoms with van der Waals surface area (Å²) in [4.78, 5) is 18.5. The lowest BCUT2D eigenvalue weighted by molar-refractivity contribution is 0.0785. The van der Waals surface area contributed by atoms with Crippen molar-refractivity contribution >= 4 is 16.8 Å². The first-order chi connectivity index (χ1) is 15.0. The number of carbonyl (C=O) groups excluding carboxylic acids is 1. The van der Waals surface area contributed by atoms with E-state index < -0.39 is 0 Å². The van der Waals surface area contributed by atoms with Crippen molar-refractivity contribution < 1.29 is 4.79 Å². The van der Waals surface area contributed by atoms with Crippen LogP contribution in [-0.2, 0) is 12.0 Å². The molecule has 31 heavy (non-hydrogen) atoms. The average Bonchev–Trinajstić information content (AvgIpc) is 3.34. The lowest BCUT2D eigenvalue weighted by atomic mass is 9.60. The molecule has 1 aliphatic rings. The van der Waals surface area contributed by atoms with Crippen LogP contribution in [0.4, 0.5) is 0 Å². The number of rotatable bonds is 5. The van der Waals surface area contributed by atoms with Gasteiger partial charge in [0.05, 0.1) is 23.3 Å². The quantitative estimate of drug-likeness (QED) is 0.470. The number of nitrogens with one attached hydrogen (secondary N) is 2. The maximum Gasteiger partial charge on any atom is 0.256 e. The zero-order chi connectivity index (χ0) is 21.6. The summed E-state index contributed by atoms with van der Waals surface area (Å²) in [6, 6.07) is 17.0. The van der Waals surface area contributed by atoms with Gasteiger partial charge in [-0.3, -0.25) is 9.89 Å². The molecule has 4 aromatic rings. The number of carbonyl (C=O) groups is 1. The van der Waals surface area contributed by atoms with Gasteiger partial charge in [0.1, 0.15) is 0 Å². The van der Waals surface area contributed by atoms with Crippen LogP contribution >= 0.6 is 0 Å². The molecule has 1 aliphatic carbocycles. The standard InChI is InChI=1S/C26H28N4O/c1-17-8-10-19(11-9-17)26(12-5-13-26)23-15-27-24-21(23)6-4-7-22(24)25(31)30(3)16-20-14-18(2)28-29-20/h4,6-11,14-15,27H,5,12-13,16H2,1-3H3,(H,28,29). The van der Waals surface area contributed by atoms with Gasteiger partial charge in [0.2, 0.25) is 0 Å². The first kappa shape index (κ1) is 19.6. The van der Waals surface area contributed by atoms with Gasteiger partial charge in [0.25, 0.3) is 5.91 Å². The highest BCUT2D eigenvalue weighted by molar-refractivity contribution is 6.06. The van der Waals surface area contributed by atoms with Crippen molar-refractivity contribution in [2.75, 3.05) is 7.05 Å². The number of H-pyrrole nitrogens is 2. The van der Waals surface area contributed by atoms with E-state index in [0.717, 1.165) is 35.1 Å². The molecule has 0 bridgehead atoms. The second kappa shape index (κ2) is 7.41. The van der Waals surface area contributed by atoms with E-state index in [4.69, 9.17) is 0 Å². The lowest BCUT2D eigenvalue weighted by Gasteiger charge is -2.42. The summed E-state index contributed by atoms with van der Waals surface area (Å²) in [6.07, 6.45) is 5.63. The van der Waals surface area contributed by atoms with Crippen LogP contribution in [0.25, 0.3) is 10.9 Å². The molecule has 5 rings (SSSR count). The van der Waals surface area contributed by atoms with Crippen LogP contribution in [0.15, 0.2) is 54.7 Å². The molecular weight excluding hydrogens is 384 g/mol. The molecule has 2 heterocycles. The Hall–Kier alpha value is -3.34. The Balaban J connectivity index is 1.51. The first-order valence-corrected chi connectivity index (χ1v) is 10.9. The zero-order valence-corrected chi connectivity index (χ0v) is 18.3. The number of para-hydroxylation sites is 1. The van der Waals surface area contributed by atoms with Crippen LogP contribution < -0.4 is 0 Å². The summed E-state index contributed by atoms with van der Waals surface area (Å²) in [5.41, 5.74) is 7.47. The molecule has 0 saturated heterocycles. The van der Waals surface area contributed by atoms with Crippen LogP contribution in [0.5, 0.6) is 0 Å². The SMILES string of the molecule is Cc1ccc(C2(c3c[nH]c4c(C(=O)N(C)Cc5cc(C)[nH]n5)cccc34)CCC2)cc1. The minimum atomic E-state index is -0.00218. The Morgan fingerprint density at radius 3 is 2.55 bits per heavy atom. The van der Waals surface area contributed by atoms with Gasteiger partial charge in [-0.05, 0) is 49.9 Å². The second-order valence-electron chi connectivity index (χ2n) is 8.94. The Morgan fingerprint density at radius 2 is 1.90 bits per heavy atom. The third-order valence-electron chi connectivity index (χ3n) is 6.78. The summed E-state index contributed by atoms with van der Waals surface area (Å²) in [5, 5.41) is 8.35. The molecule has 0 aliphatic heterocycles. The van der Waals surface area contributed by atoms with E-state index in [9.17, 15) is 4.79 Å². The molecule has 5 heteroatoms. The van der Waals surface area contributed by atoms with Crippen molar-refractivity contribution in [3.63, 3.8) is 0 Å². The molecular formula is C26H28N4O.